The van der Waals surface area contributed by atoms with Crippen molar-refractivity contribution in [2.75, 3.05) is 19.8 Å². The van der Waals surface area contributed by atoms with E-state index in [0.717, 1.165) is 5.56 Å². The van der Waals surface area contributed by atoms with Gasteiger partial charge in [-0.25, -0.2) is 9.37 Å². The van der Waals surface area contributed by atoms with Crippen molar-refractivity contribution in [3.8, 4) is 11.1 Å². The maximum Gasteiger partial charge on any atom is 0.253 e. The zero-order chi connectivity index (χ0) is 22.0. The Morgan fingerprint density at radius 1 is 1.16 bits per heavy atom. The number of halogens is 1. The summed E-state index contributed by atoms with van der Waals surface area (Å²) in [6.07, 6.45) is 1.43. The molecule has 0 bridgehead atoms. The molecule has 2 aromatic heterocycles. The number of hydrogen-bond donors (Lipinski definition) is 2. The third-order valence-electron chi connectivity index (χ3n) is 4.69. The molecule has 0 radical (unpaired) electrons. The molecule has 2 heterocycles. The molecule has 158 valence electrons. The van der Waals surface area contributed by atoms with Crippen LogP contribution in [0.15, 0.2) is 53.2 Å². The van der Waals surface area contributed by atoms with Gasteiger partial charge < -0.3 is 20.5 Å². The number of nitrogens with one attached hydrogen (secondary N) is 1. The van der Waals surface area contributed by atoms with E-state index in [1.165, 1.54) is 18.3 Å². The van der Waals surface area contributed by atoms with Gasteiger partial charge in [0.15, 0.2) is 5.82 Å². The van der Waals surface area contributed by atoms with Crippen LogP contribution in [0.3, 0.4) is 0 Å². The van der Waals surface area contributed by atoms with Gasteiger partial charge in [-0.1, -0.05) is 29.4 Å². The van der Waals surface area contributed by atoms with Gasteiger partial charge in [-0.2, -0.15) is 4.98 Å². The van der Waals surface area contributed by atoms with Crippen molar-refractivity contribution in [2.45, 2.75) is 13.1 Å². The summed E-state index contributed by atoms with van der Waals surface area (Å²) >= 11 is 0. The lowest BCUT2D eigenvalue weighted by atomic mass is 9.99. The minimum absolute atomic E-state index is 0.114. The molecule has 9 heteroatoms. The number of benzene rings is 2. The van der Waals surface area contributed by atoms with E-state index in [9.17, 15) is 9.18 Å². The summed E-state index contributed by atoms with van der Waals surface area (Å²) in [5.41, 5.74) is 7.91. The second kappa shape index (κ2) is 8.49. The number of nitrogen functional groups attached to an aromatic ring is 1. The Hall–Kier alpha value is -3.85. The van der Waals surface area contributed by atoms with Gasteiger partial charge in [0.25, 0.3) is 5.91 Å². The van der Waals surface area contributed by atoms with Crippen molar-refractivity contribution in [3.63, 3.8) is 0 Å². The van der Waals surface area contributed by atoms with Crippen LogP contribution in [0, 0.1) is 5.82 Å². The number of aromatic nitrogens is 3. The minimum atomic E-state index is -0.338. The summed E-state index contributed by atoms with van der Waals surface area (Å²) in [5, 5.41) is 7.91. The van der Waals surface area contributed by atoms with Crippen LogP contribution < -0.4 is 11.1 Å². The largest absolute Gasteiger partial charge is 0.383 e. The Bertz CT molecular complexity index is 1250. The van der Waals surface area contributed by atoms with Crippen LogP contribution in [0.5, 0.6) is 0 Å². The summed E-state index contributed by atoms with van der Waals surface area (Å²) in [4.78, 5) is 23.1. The Morgan fingerprint density at radius 3 is 2.74 bits per heavy atom. The van der Waals surface area contributed by atoms with Crippen LogP contribution in [-0.2, 0) is 13.1 Å². The zero-order valence-corrected chi connectivity index (χ0v) is 17.1. The number of nitrogens with zero attached hydrogens (tertiary/aromatic N) is 4. The van der Waals surface area contributed by atoms with Gasteiger partial charge in [-0.15, -0.1) is 0 Å². The number of fused-ring (bicyclic) bond motifs is 1. The van der Waals surface area contributed by atoms with E-state index in [4.69, 9.17) is 10.3 Å². The van der Waals surface area contributed by atoms with Crippen molar-refractivity contribution in [1.29, 1.82) is 0 Å². The molecule has 0 atom stereocenters. The molecule has 0 saturated carbocycles. The van der Waals surface area contributed by atoms with Gasteiger partial charge in [0, 0.05) is 11.6 Å². The van der Waals surface area contributed by atoms with E-state index in [1.54, 1.807) is 24.3 Å². The fraction of sp³-hybridized carbons (Fsp3) is 0.182. The zero-order valence-electron chi connectivity index (χ0n) is 17.1. The van der Waals surface area contributed by atoms with Crippen molar-refractivity contribution < 1.29 is 13.7 Å². The molecule has 4 rings (SSSR count). The molecular weight excluding hydrogens is 399 g/mol. The summed E-state index contributed by atoms with van der Waals surface area (Å²) in [6, 6.07) is 11.7. The summed E-state index contributed by atoms with van der Waals surface area (Å²) in [5.74, 6) is 0.475. The number of hydrogen-bond acceptors (Lipinski definition) is 7. The first-order valence-electron chi connectivity index (χ1n) is 9.59. The molecule has 0 aliphatic heterocycles. The third-order valence-corrected chi connectivity index (χ3v) is 4.69. The minimum Gasteiger partial charge on any atom is -0.383 e. The van der Waals surface area contributed by atoms with E-state index in [-0.39, 0.29) is 24.1 Å². The van der Waals surface area contributed by atoms with Crippen LogP contribution in [0.1, 0.15) is 22.1 Å². The van der Waals surface area contributed by atoms with E-state index >= 15 is 0 Å². The Morgan fingerprint density at radius 2 is 1.97 bits per heavy atom. The van der Waals surface area contributed by atoms with E-state index in [1.807, 2.05) is 25.1 Å². The third kappa shape index (κ3) is 4.51. The second-order valence-corrected chi connectivity index (χ2v) is 7.35. The van der Waals surface area contributed by atoms with E-state index < -0.39 is 0 Å². The lowest BCUT2D eigenvalue weighted by Gasteiger charge is -2.10. The maximum absolute atomic E-state index is 13.6. The molecule has 31 heavy (non-hydrogen) atoms. The molecule has 0 saturated heterocycles. The monoisotopic (exact) mass is 420 g/mol. The number of carbonyl (C=O) groups is 1. The van der Waals surface area contributed by atoms with Gasteiger partial charge in [0.1, 0.15) is 11.6 Å². The summed E-state index contributed by atoms with van der Waals surface area (Å²) < 4.78 is 18.7. The lowest BCUT2D eigenvalue weighted by Crippen LogP contribution is -2.24. The first-order valence-corrected chi connectivity index (χ1v) is 9.59. The number of rotatable bonds is 6. The summed E-state index contributed by atoms with van der Waals surface area (Å²) in [7, 11) is 3.79. The molecule has 0 fully saturated rings. The molecule has 0 aliphatic rings. The predicted molar refractivity (Wildman–Crippen MR) is 114 cm³/mol. The van der Waals surface area contributed by atoms with Gasteiger partial charge in [0.2, 0.25) is 5.89 Å². The molecular formula is C22H21FN6O2. The van der Waals surface area contributed by atoms with Gasteiger partial charge in [-0.05, 0) is 48.8 Å². The molecule has 0 unspecified atom stereocenters. The van der Waals surface area contributed by atoms with Crippen LogP contribution in [0.4, 0.5) is 10.2 Å². The number of nitrogens with two attached hydrogens (primary N) is 1. The fourth-order valence-electron chi connectivity index (χ4n) is 3.24. The van der Waals surface area contributed by atoms with Crippen LogP contribution >= 0.6 is 0 Å². The van der Waals surface area contributed by atoms with Gasteiger partial charge in [-0.3, -0.25) is 4.79 Å². The van der Waals surface area contributed by atoms with E-state index in [2.05, 4.69) is 20.4 Å². The van der Waals surface area contributed by atoms with Crippen molar-refractivity contribution >= 4 is 22.5 Å². The average Bonchev–Trinajstić information content (AvgIpc) is 3.19. The first-order chi connectivity index (χ1) is 14.9. The number of amides is 1. The smallest absolute Gasteiger partial charge is 0.253 e. The highest BCUT2D eigenvalue weighted by Crippen LogP contribution is 2.29. The predicted octanol–water partition coefficient (Wildman–Crippen LogP) is 3.00. The Labute approximate surface area is 177 Å². The number of carbonyl (C=O) groups excluding carboxylic acids is 1. The molecule has 3 N–H and O–H groups in total. The standard InChI is InChI=1S/C22H21FN6O2/c1-29(2)12-20-27-19(28-31-20)11-26-22(30)18-10-25-21(24)17-9-14(6-7-16(17)18)13-4-3-5-15(23)8-13/h3-10H,11-12H2,1-2H3,(H2,24,25)(H,26,30). The number of pyridine rings is 1. The highest BCUT2D eigenvalue weighted by Gasteiger charge is 2.15. The van der Waals surface area contributed by atoms with Crippen LogP contribution in [-0.4, -0.2) is 40.0 Å². The van der Waals surface area contributed by atoms with Gasteiger partial charge in [0.05, 0.1) is 18.7 Å². The highest BCUT2D eigenvalue weighted by atomic mass is 19.1. The molecule has 4 aromatic rings. The molecule has 8 nitrogen and oxygen atoms in total. The molecule has 1 amide bonds. The normalized spacial score (nSPS) is 11.2. The molecule has 0 aliphatic carbocycles. The van der Waals surface area contributed by atoms with Crippen molar-refractivity contribution in [1.82, 2.24) is 25.3 Å². The quantitative estimate of drug-likeness (QED) is 0.493. The average molecular weight is 420 g/mol. The molecule has 0 spiro atoms. The van der Waals surface area contributed by atoms with Crippen molar-refractivity contribution in [2.24, 2.45) is 0 Å². The maximum atomic E-state index is 13.6. The van der Waals surface area contributed by atoms with Crippen LogP contribution in [0.25, 0.3) is 21.9 Å². The van der Waals surface area contributed by atoms with E-state index in [0.29, 0.717) is 40.2 Å². The molecule has 2 aromatic carbocycles. The SMILES string of the molecule is CN(C)Cc1nc(CNC(=O)c2cnc(N)c3cc(-c4cccc(F)c4)ccc23)no1. The van der Waals surface area contributed by atoms with Crippen LogP contribution in [0.2, 0.25) is 0 Å². The lowest BCUT2D eigenvalue weighted by molar-refractivity contribution is 0.0951. The summed E-state index contributed by atoms with van der Waals surface area (Å²) in [6.45, 7) is 0.629. The fourth-order valence-corrected chi connectivity index (χ4v) is 3.24. The van der Waals surface area contributed by atoms with Gasteiger partial charge >= 0.3 is 0 Å². The Kier molecular flexibility index (Phi) is 5.59. The van der Waals surface area contributed by atoms with Crippen molar-refractivity contribution in [3.05, 3.63) is 71.8 Å². The second-order valence-electron chi connectivity index (χ2n) is 7.35. The Balaban J connectivity index is 1.58. The first kappa shape index (κ1) is 20.4. The topological polar surface area (TPSA) is 110 Å². The number of anilines is 1. The highest BCUT2D eigenvalue weighted by molar-refractivity contribution is 6.09.